The van der Waals surface area contributed by atoms with Gasteiger partial charge in [0.05, 0.1) is 12.5 Å². The Hall–Kier alpha value is -2.82. The third kappa shape index (κ3) is 5.12. The van der Waals surface area contributed by atoms with Gasteiger partial charge in [-0.3, -0.25) is 9.59 Å². The third-order valence-electron chi connectivity index (χ3n) is 5.24. The molecule has 1 N–H and O–H groups in total. The van der Waals surface area contributed by atoms with Crippen molar-refractivity contribution in [1.29, 1.82) is 0 Å². The number of nitrogens with one attached hydrogen (secondary N) is 1. The molecule has 0 aliphatic carbocycles. The van der Waals surface area contributed by atoms with Crippen molar-refractivity contribution in [3.8, 4) is 0 Å². The van der Waals surface area contributed by atoms with Gasteiger partial charge in [0.1, 0.15) is 0 Å². The lowest BCUT2D eigenvalue weighted by Gasteiger charge is -2.37. The molecular formula is C23H29N3O2. The summed E-state index contributed by atoms with van der Waals surface area (Å²) in [7, 11) is 0. The van der Waals surface area contributed by atoms with Crippen LogP contribution in [0.3, 0.4) is 0 Å². The van der Waals surface area contributed by atoms with Crippen LogP contribution in [0.25, 0.3) is 0 Å². The molecule has 1 unspecified atom stereocenters. The summed E-state index contributed by atoms with van der Waals surface area (Å²) < 4.78 is 0. The first-order valence-electron chi connectivity index (χ1n) is 9.85. The van der Waals surface area contributed by atoms with Crippen molar-refractivity contribution in [3.63, 3.8) is 0 Å². The van der Waals surface area contributed by atoms with Crippen LogP contribution in [-0.2, 0) is 9.59 Å². The summed E-state index contributed by atoms with van der Waals surface area (Å²) >= 11 is 0. The van der Waals surface area contributed by atoms with Gasteiger partial charge in [0.25, 0.3) is 0 Å². The molecule has 28 heavy (non-hydrogen) atoms. The highest BCUT2D eigenvalue weighted by Gasteiger charge is 2.25. The summed E-state index contributed by atoms with van der Waals surface area (Å²) in [6.45, 7) is 8.66. The number of rotatable bonds is 5. The molecule has 3 rings (SSSR count). The van der Waals surface area contributed by atoms with Gasteiger partial charge in [-0.25, -0.2) is 0 Å². The van der Waals surface area contributed by atoms with Crippen molar-refractivity contribution in [3.05, 3.63) is 65.2 Å². The summed E-state index contributed by atoms with van der Waals surface area (Å²) in [5.41, 5.74) is 4.58. The Morgan fingerprint density at radius 1 is 0.964 bits per heavy atom. The van der Waals surface area contributed by atoms with Gasteiger partial charge < -0.3 is 15.1 Å². The highest BCUT2D eigenvalue weighted by molar-refractivity contribution is 5.79. The normalized spacial score (nSPS) is 15.2. The minimum Gasteiger partial charge on any atom is -0.368 e. The van der Waals surface area contributed by atoms with Crippen LogP contribution < -0.4 is 10.2 Å². The van der Waals surface area contributed by atoms with E-state index in [0.29, 0.717) is 13.1 Å². The SMILES string of the molecule is CC(=O)NC(CC(=O)N1CCN(c2cccc(C)c2)CC1)c1ccc(C)cc1. The fraction of sp³-hybridized carbons (Fsp3) is 0.391. The van der Waals surface area contributed by atoms with Crippen LogP contribution in [0.4, 0.5) is 5.69 Å². The number of carbonyl (C=O) groups is 2. The first-order valence-corrected chi connectivity index (χ1v) is 9.85. The Labute approximate surface area is 167 Å². The molecule has 2 aromatic carbocycles. The van der Waals surface area contributed by atoms with Gasteiger partial charge in [0.2, 0.25) is 11.8 Å². The summed E-state index contributed by atoms with van der Waals surface area (Å²) in [5, 5.41) is 2.93. The van der Waals surface area contributed by atoms with Gasteiger partial charge in [-0.05, 0) is 37.1 Å². The van der Waals surface area contributed by atoms with Gasteiger partial charge >= 0.3 is 0 Å². The predicted octanol–water partition coefficient (Wildman–Crippen LogP) is 3.22. The van der Waals surface area contributed by atoms with E-state index < -0.39 is 0 Å². The molecule has 0 radical (unpaired) electrons. The van der Waals surface area contributed by atoms with Gasteiger partial charge in [-0.1, -0.05) is 42.0 Å². The summed E-state index contributed by atoms with van der Waals surface area (Å²) in [5.74, 6) is -0.0362. The fourth-order valence-corrected chi connectivity index (χ4v) is 3.64. The molecule has 1 saturated heterocycles. The van der Waals surface area contributed by atoms with Gasteiger partial charge in [0, 0.05) is 38.8 Å². The molecule has 5 heteroatoms. The Bertz CT molecular complexity index is 824. The summed E-state index contributed by atoms with van der Waals surface area (Å²) in [6, 6.07) is 16.2. The zero-order valence-corrected chi connectivity index (χ0v) is 16.9. The fourth-order valence-electron chi connectivity index (χ4n) is 3.64. The summed E-state index contributed by atoms with van der Waals surface area (Å²) in [4.78, 5) is 28.8. The van der Waals surface area contributed by atoms with Crippen molar-refractivity contribution in [2.75, 3.05) is 31.1 Å². The smallest absolute Gasteiger partial charge is 0.225 e. The molecular weight excluding hydrogens is 350 g/mol. The standard InChI is InChI=1S/C23H29N3O2/c1-17-7-9-20(10-8-17)22(24-19(3)27)16-23(28)26-13-11-25(12-14-26)21-6-4-5-18(2)15-21/h4-10,15,22H,11-14,16H2,1-3H3,(H,24,27). The maximum Gasteiger partial charge on any atom is 0.225 e. The van der Waals surface area contributed by atoms with Crippen LogP contribution in [0.1, 0.15) is 36.1 Å². The van der Waals surface area contributed by atoms with Crippen molar-refractivity contribution in [2.45, 2.75) is 33.2 Å². The molecule has 5 nitrogen and oxygen atoms in total. The summed E-state index contributed by atoms with van der Waals surface area (Å²) in [6.07, 6.45) is 0.285. The molecule has 1 aliphatic heterocycles. The van der Waals surface area contributed by atoms with Crippen molar-refractivity contribution in [1.82, 2.24) is 10.2 Å². The van der Waals surface area contributed by atoms with Gasteiger partial charge in [0.15, 0.2) is 0 Å². The maximum atomic E-state index is 12.9. The molecule has 1 atom stereocenters. The van der Waals surface area contributed by atoms with Gasteiger partial charge in [-0.15, -0.1) is 0 Å². The number of aryl methyl sites for hydroxylation is 2. The number of carbonyl (C=O) groups excluding carboxylic acids is 2. The quantitative estimate of drug-likeness (QED) is 0.868. The first kappa shape index (κ1) is 19.9. The molecule has 0 saturated carbocycles. The van der Waals surface area contributed by atoms with E-state index in [9.17, 15) is 9.59 Å². The van der Waals surface area contributed by atoms with Crippen molar-refractivity contribution < 1.29 is 9.59 Å². The highest BCUT2D eigenvalue weighted by atomic mass is 16.2. The lowest BCUT2D eigenvalue weighted by atomic mass is 10.0. The lowest BCUT2D eigenvalue weighted by Crippen LogP contribution is -2.49. The molecule has 0 aromatic heterocycles. The van der Waals surface area contributed by atoms with Crippen molar-refractivity contribution in [2.24, 2.45) is 0 Å². The van der Waals surface area contributed by atoms with Crippen LogP contribution in [0.2, 0.25) is 0 Å². The molecule has 0 bridgehead atoms. The highest BCUT2D eigenvalue weighted by Crippen LogP contribution is 2.21. The first-order chi connectivity index (χ1) is 13.4. The second-order valence-electron chi connectivity index (χ2n) is 7.57. The number of hydrogen-bond donors (Lipinski definition) is 1. The zero-order valence-electron chi connectivity index (χ0n) is 16.9. The molecule has 1 heterocycles. The molecule has 2 aromatic rings. The van der Waals surface area contributed by atoms with E-state index in [1.165, 1.54) is 18.2 Å². The van der Waals surface area contributed by atoms with Crippen LogP contribution in [0.15, 0.2) is 48.5 Å². The number of nitrogens with zero attached hydrogens (tertiary/aromatic N) is 2. The van der Waals surface area contributed by atoms with Gasteiger partial charge in [-0.2, -0.15) is 0 Å². The molecule has 0 spiro atoms. The number of piperazine rings is 1. The van der Waals surface area contributed by atoms with E-state index in [-0.39, 0.29) is 24.3 Å². The molecule has 1 aliphatic rings. The number of amides is 2. The van der Waals surface area contributed by atoms with E-state index in [1.807, 2.05) is 36.1 Å². The second kappa shape index (κ2) is 8.91. The average molecular weight is 380 g/mol. The average Bonchev–Trinajstić information content (AvgIpc) is 2.68. The van der Waals surface area contributed by atoms with Crippen LogP contribution in [0, 0.1) is 13.8 Å². The van der Waals surface area contributed by atoms with E-state index in [1.54, 1.807) is 0 Å². The lowest BCUT2D eigenvalue weighted by molar-refractivity contribution is -0.132. The Morgan fingerprint density at radius 3 is 2.25 bits per heavy atom. The van der Waals surface area contributed by atoms with Crippen molar-refractivity contribution >= 4 is 17.5 Å². The van der Waals surface area contributed by atoms with E-state index in [2.05, 4.69) is 41.4 Å². The Kier molecular flexibility index (Phi) is 6.34. The topological polar surface area (TPSA) is 52.7 Å². The number of benzene rings is 2. The Balaban J connectivity index is 1.61. The number of hydrogen-bond acceptors (Lipinski definition) is 3. The third-order valence-corrected chi connectivity index (χ3v) is 5.24. The largest absolute Gasteiger partial charge is 0.368 e. The van der Waals surface area contributed by atoms with E-state index >= 15 is 0 Å². The number of anilines is 1. The van der Waals surface area contributed by atoms with E-state index in [0.717, 1.165) is 24.2 Å². The minimum atomic E-state index is -0.291. The van der Waals surface area contributed by atoms with Crippen LogP contribution in [-0.4, -0.2) is 42.9 Å². The molecule has 1 fully saturated rings. The van der Waals surface area contributed by atoms with E-state index in [4.69, 9.17) is 0 Å². The van der Waals surface area contributed by atoms with Crippen LogP contribution >= 0.6 is 0 Å². The monoisotopic (exact) mass is 379 g/mol. The predicted molar refractivity (Wildman–Crippen MR) is 112 cm³/mol. The molecule has 148 valence electrons. The molecule has 2 amide bonds. The zero-order chi connectivity index (χ0) is 20.1. The Morgan fingerprint density at radius 2 is 1.64 bits per heavy atom. The maximum absolute atomic E-state index is 12.9. The van der Waals surface area contributed by atoms with Crippen LogP contribution in [0.5, 0.6) is 0 Å². The second-order valence-corrected chi connectivity index (χ2v) is 7.57. The minimum absolute atomic E-state index is 0.0863.